The summed E-state index contributed by atoms with van der Waals surface area (Å²) in [7, 11) is 0. The first-order valence-electron chi connectivity index (χ1n) is 7.87. The van der Waals surface area contributed by atoms with Gasteiger partial charge < -0.3 is 5.32 Å². The zero-order chi connectivity index (χ0) is 18.1. The number of nitrogens with two attached hydrogens (primary N) is 1. The molecule has 2 aromatic heterocycles. The summed E-state index contributed by atoms with van der Waals surface area (Å²) in [6.45, 7) is 0. The maximum absolute atomic E-state index is 12.1. The number of amides is 1. The molecule has 2 aromatic carbocycles. The maximum Gasteiger partial charge on any atom is 0.267 e. The zero-order valence-electron chi connectivity index (χ0n) is 13.5. The molecule has 0 unspecified atom stereocenters. The van der Waals surface area contributed by atoms with E-state index in [1.165, 1.54) is 0 Å². The third kappa shape index (κ3) is 2.81. The number of para-hydroxylation sites is 1. The normalized spacial score (nSPS) is 10.8. The molecule has 0 fully saturated rings. The molecule has 2 heterocycles. The average molecular weight is 364 g/mol. The average Bonchev–Trinajstić information content (AvgIpc) is 2.67. The van der Waals surface area contributed by atoms with Crippen LogP contribution in [0.4, 0.5) is 11.5 Å². The quantitative estimate of drug-likeness (QED) is 0.223. The highest BCUT2D eigenvalue weighted by Crippen LogP contribution is 2.32. The van der Waals surface area contributed by atoms with Gasteiger partial charge in [0.2, 0.25) is 0 Å². The van der Waals surface area contributed by atoms with Crippen molar-refractivity contribution >= 4 is 50.7 Å². The number of pyridine rings is 2. The highest BCUT2D eigenvalue weighted by molar-refractivity contribution is 6.30. The number of hydrazine groups is 1. The number of aromatic nitrogens is 2. The van der Waals surface area contributed by atoms with Crippen LogP contribution in [0.1, 0.15) is 10.4 Å². The van der Waals surface area contributed by atoms with Crippen molar-refractivity contribution in [2.45, 2.75) is 0 Å². The number of benzene rings is 2. The molecule has 0 aliphatic heterocycles. The van der Waals surface area contributed by atoms with Gasteiger partial charge in [-0.3, -0.25) is 15.2 Å². The van der Waals surface area contributed by atoms with Crippen LogP contribution >= 0.6 is 11.6 Å². The van der Waals surface area contributed by atoms with Gasteiger partial charge in [0.25, 0.3) is 5.91 Å². The number of nitrogen functional groups attached to an aromatic ring is 1. The highest BCUT2D eigenvalue weighted by Gasteiger charge is 2.15. The molecular formula is C19H14ClN5O. The van der Waals surface area contributed by atoms with Crippen LogP contribution in [0, 0.1) is 0 Å². The summed E-state index contributed by atoms with van der Waals surface area (Å²) in [5.74, 6) is 5.52. The fourth-order valence-electron chi connectivity index (χ4n) is 2.93. The Hall–Kier alpha value is -3.22. The first-order chi connectivity index (χ1) is 12.7. The van der Waals surface area contributed by atoms with Gasteiger partial charge in [-0.1, -0.05) is 29.8 Å². The van der Waals surface area contributed by atoms with Crippen molar-refractivity contribution in [3.63, 3.8) is 0 Å². The van der Waals surface area contributed by atoms with Gasteiger partial charge in [-0.15, -0.1) is 0 Å². The van der Waals surface area contributed by atoms with E-state index in [4.69, 9.17) is 22.4 Å². The number of halogens is 1. The molecule has 6 nitrogen and oxygen atoms in total. The number of fused-ring (bicyclic) bond motifs is 3. The van der Waals surface area contributed by atoms with E-state index in [0.717, 1.165) is 21.8 Å². The molecule has 0 atom stereocenters. The summed E-state index contributed by atoms with van der Waals surface area (Å²) in [5.41, 5.74) is 3.90. The van der Waals surface area contributed by atoms with Crippen LogP contribution in [0.2, 0.25) is 5.02 Å². The summed E-state index contributed by atoms with van der Waals surface area (Å²) in [6.07, 6.45) is 3.46. The van der Waals surface area contributed by atoms with Gasteiger partial charge in [0.05, 0.1) is 11.1 Å². The minimum absolute atomic E-state index is 0.393. The van der Waals surface area contributed by atoms with E-state index in [1.54, 1.807) is 36.7 Å². The SMILES string of the molecule is NNC(=O)c1cccc2c1nc(Nc1cccc(Cl)c1)c1ccncc12. The molecule has 4 N–H and O–H groups in total. The molecule has 0 aliphatic rings. The minimum atomic E-state index is -0.403. The second-order valence-electron chi connectivity index (χ2n) is 5.69. The molecule has 1 amide bonds. The van der Waals surface area contributed by atoms with Crippen molar-refractivity contribution in [2.75, 3.05) is 5.32 Å². The van der Waals surface area contributed by atoms with Crippen molar-refractivity contribution in [3.05, 3.63) is 71.5 Å². The van der Waals surface area contributed by atoms with Gasteiger partial charge >= 0.3 is 0 Å². The van der Waals surface area contributed by atoms with E-state index >= 15 is 0 Å². The van der Waals surface area contributed by atoms with Gasteiger partial charge in [0, 0.05) is 39.3 Å². The van der Waals surface area contributed by atoms with Crippen LogP contribution in [-0.2, 0) is 0 Å². The van der Waals surface area contributed by atoms with Gasteiger partial charge in [0.1, 0.15) is 5.82 Å². The fourth-order valence-corrected chi connectivity index (χ4v) is 3.12. The van der Waals surface area contributed by atoms with E-state index < -0.39 is 5.91 Å². The second-order valence-corrected chi connectivity index (χ2v) is 6.13. The predicted molar refractivity (Wildman–Crippen MR) is 103 cm³/mol. The smallest absolute Gasteiger partial charge is 0.267 e. The summed E-state index contributed by atoms with van der Waals surface area (Å²) >= 11 is 6.07. The Kier molecular flexibility index (Phi) is 4.12. The third-order valence-corrected chi connectivity index (χ3v) is 4.32. The molecule has 0 aliphatic carbocycles. The van der Waals surface area contributed by atoms with Crippen LogP contribution in [-0.4, -0.2) is 15.9 Å². The molecule has 0 spiro atoms. The Morgan fingerprint density at radius 1 is 1.04 bits per heavy atom. The van der Waals surface area contributed by atoms with Crippen molar-refractivity contribution in [2.24, 2.45) is 5.84 Å². The van der Waals surface area contributed by atoms with Crippen molar-refractivity contribution in [1.29, 1.82) is 0 Å². The Bertz CT molecular complexity index is 1150. The van der Waals surface area contributed by atoms with Crippen molar-refractivity contribution < 1.29 is 4.79 Å². The first-order valence-corrected chi connectivity index (χ1v) is 8.25. The topological polar surface area (TPSA) is 92.9 Å². The molecule has 4 rings (SSSR count). The Labute approximate surface area is 154 Å². The molecule has 0 bridgehead atoms. The number of nitrogens with zero attached hydrogens (tertiary/aromatic N) is 2. The summed E-state index contributed by atoms with van der Waals surface area (Å²) < 4.78 is 0. The number of nitrogens with one attached hydrogen (secondary N) is 2. The monoisotopic (exact) mass is 363 g/mol. The number of rotatable bonds is 3. The largest absolute Gasteiger partial charge is 0.340 e. The van der Waals surface area contributed by atoms with Crippen LogP contribution in [0.5, 0.6) is 0 Å². The first kappa shape index (κ1) is 16.3. The van der Waals surface area contributed by atoms with Crippen LogP contribution in [0.3, 0.4) is 0 Å². The lowest BCUT2D eigenvalue weighted by Crippen LogP contribution is -2.30. The molecule has 4 aromatic rings. The molecule has 0 saturated heterocycles. The Balaban J connectivity index is 2.00. The number of hydrogen-bond donors (Lipinski definition) is 3. The van der Waals surface area contributed by atoms with Crippen LogP contribution < -0.4 is 16.6 Å². The predicted octanol–water partition coefficient (Wildman–Crippen LogP) is 3.78. The fraction of sp³-hybridized carbons (Fsp3) is 0. The van der Waals surface area contributed by atoms with Crippen molar-refractivity contribution in [1.82, 2.24) is 15.4 Å². The van der Waals surface area contributed by atoms with Gasteiger partial charge in [0.15, 0.2) is 0 Å². The lowest BCUT2D eigenvalue weighted by atomic mass is 10.0. The summed E-state index contributed by atoms with van der Waals surface area (Å²) in [5, 5.41) is 6.49. The van der Waals surface area contributed by atoms with Crippen LogP contribution in [0.15, 0.2) is 60.9 Å². The molecule has 7 heteroatoms. The molecular weight excluding hydrogens is 350 g/mol. The number of hydrogen-bond acceptors (Lipinski definition) is 5. The summed E-state index contributed by atoms with van der Waals surface area (Å²) in [6, 6.07) is 14.6. The number of anilines is 2. The van der Waals surface area contributed by atoms with E-state index in [0.29, 0.717) is 21.9 Å². The maximum atomic E-state index is 12.1. The van der Waals surface area contributed by atoms with Crippen molar-refractivity contribution in [3.8, 4) is 0 Å². The summed E-state index contributed by atoms with van der Waals surface area (Å²) in [4.78, 5) is 21.1. The molecule has 0 radical (unpaired) electrons. The molecule has 26 heavy (non-hydrogen) atoms. The standard InChI is InChI=1S/C19H14ClN5O/c20-11-3-1-4-12(9-11)23-18-14-7-8-22-10-16(14)13-5-2-6-15(17(13)24-18)19(26)25-21/h1-10H,21H2,(H,23,24)(H,25,26). The van der Waals surface area contributed by atoms with Gasteiger partial charge in [-0.2, -0.15) is 0 Å². The van der Waals surface area contributed by atoms with E-state index in [2.05, 4.69) is 15.7 Å². The zero-order valence-corrected chi connectivity index (χ0v) is 14.3. The Morgan fingerprint density at radius 2 is 1.88 bits per heavy atom. The minimum Gasteiger partial charge on any atom is -0.340 e. The lowest BCUT2D eigenvalue weighted by Gasteiger charge is -2.13. The Morgan fingerprint density at radius 3 is 2.69 bits per heavy atom. The van der Waals surface area contributed by atoms with Gasteiger partial charge in [-0.25, -0.2) is 10.8 Å². The molecule has 128 valence electrons. The third-order valence-electron chi connectivity index (χ3n) is 4.09. The van der Waals surface area contributed by atoms with E-state index in [-0.39, 0.29) is 0 Å². The highest BCUT2D eigenvalue weighted by atomic mass is 35.5. The van der Waals surface area contributed by atoms with Crippen LogP contribution in [0.25, 0.3) is 21.7 Å². The molecule has 0 saturated carbocycles. The van der Waals surface area contributed by atoms with E-state index in [1.807, 2.05) is 24.3 Å². The van der Waals surface area contributed by atoms with E-state index in [9.17, 15) is 4.79 Å². The van der Waals surface area contributed by atoms with Gasteiger partial charge in [-0.05, 0) is 30.3 Å². The second kappa shape index (κ2) is 6.59. The number of carbonyl (C=O) groups is 1. The number of carbonyl (C=O) groups excluding carboxylic acids is 1. The lowest BCUT2D eigenvalue weighted by molar-refractivity contribution is 0.0955.